The molecule has 2 saturated heterocycles. The second-order valence-electron chi connectivity index (χ2n) is 9.53. The molecule has 7 unspecified atom stereocenters. The van der Waals surface area contributed by atoms with E-state index in [9.17, 15) is 13.6 Å². The minimum atomic E-state index is -1.59. The number of fused-ring (bicyclic) bond motifs is 1. The van der Waals surface area contributed by atoms with E-state index in [-0.39, 0.29) is 47.7 Å². The van der Waals surface area contributed by atoms with Crippen LogP contribution in [0.25, 0.3) is 0 Å². The van der Waals surface area contributed by atoms with Crippen LogP contribution in [-0.2, 0) is 4.79 Å². The normalized spacial score (nSPS) is 38.4. The molecule has 0 aromatic carbocycles. The summed E-state index contributed by atoms with van der Waals surface area (Å²) in [7, 11) is 0. The molecule has 1 aliphatic carbocycles. The summed E-state index contributed by atoms with van der Waals surface area (Å²) in [5.41, 5.74) is 6.35. The van der Waals surface area contributed by atoms with Gasteiger partial charge in [-0.2, -0.15) is 0 Å². The fourth-order valence-electron chi connectivity index (χ4n) is 4.03. The van der Waals surface area contributed by atoms with Crippen LogP contribution < -0.4 is 26.8 Å². The van der Waals surface area contributed by atoms with E-state index >= 15 is 0 Å². The number of hydrogen-bond acceptors (Lipinski definition) is 5. The summed E-state index contributed by atoms with van der Waals surface area (Å²) in [6.07, 6.45) is -2.96. The molecule has 0 bridgehead atoms. The highest BCUT2D eigenvalue weighted by atomic mass is 35.5. The van der Waals surface area contributed by atoms with Crippen LogP contribution in [0.2, 0.25) is 0 Å². The van der Waals surface area contributed by atoms with Crippen LogP contribution in [0, 0.1) is 17.3 Å². The summed E-state index contributed by atoms with van der Waals surface area (Å²) < 4.78 is 27.2. The number of carbonyl (C=O) groups excluding carboxylic acids is 1. The monoisotopic (exact) mass is 434 g/mol. The van der Waals surface area contributed by atoms with E-state index in [0.29, 0.717) is 25.5 Å². The lowest BCUT2D eigenvalue weighted by atomic mass is 9.86. The van der Waals surface area contributed by atoms with Crippen molar-refractivity contribution in [3.63, 3.8) is 0 Å². The standard InChI is InChI=1S/C19H33ClF2N6O/c1-19(2,3)9-24-18(26-17(29)10-4-5-12(21)13(22)6-10)25-16-15-11(20)7-23-8-14(15)27-28-16/h10-16,23,27-28H,4-9H2,1-3H3,(H2,24,25,26,29). The van der Waals surface area contributed by atoms with Gasteiger partial charge < -0.3 is 10.6 Å². The van der Waals surface area contributed by atoms with Gasteiger partial charge in [0.15, 0.2) is 5.96 Å². The zero-order valence-electron chi connectivity index (χ0n) is 17.3. The molecule has 7 nitrogen and oxygen atoms in total. The van der Waals surface area contributed by atoms with Crippen LogP contribution in [0.15, 0.2) is 4.99 Å². The molecule has 29 heavy (non-hydrogen) atoms. The van der Waals surface area contributed by atoms with Crippen LogP contribution in [0.1, 0.15) is 40.0 Å². The van der Waals surface area contributed by atoms with Gasteiger partial charge in [-0.3, -0.25) is 20.5 Å². The Hall–Kier alpha value is -1.03. The van der Waals surface area contributed by atoms with E-state index in [0.717, 1.165) is 6.54 Å². The van der Waals surface area contributed by atoms with Crippen molar-refractivity contribution in [1.29, 1.82) is 0 Å². The summed E-state index contributed by atoms with van der Waals surface area (Å²) in [6.45, 7) is 8.16. The highest BCUT2D eigenvalue weighted by molar-refractivity contribution is 6.21. The van der Waals surface area contributed by atoms with Gasteiger partial charge in [-0.05, 0) is 24.7 Å². The van der Waals surface area contributed by atoms with Gasteiger partial charge in [0.2, 0.25) is 5.91 Å². The molecule has 0 aromatic heterocycles. The van der Waals surface area contributed by atoms with Gasteiger partial charge in [0.1, 0.15) is 12.3 Å². The number of hydrazine groups is 1. The Kier molecular flexibility index (Phi) is 7.35. The number of guanidine groups is 1. The highest BCUT2D eigenvalue weighted by Crippen LogP contribution is 2.29. The SMILES string of the molecule is CC(C)(C)CN=C(NC(=O)C1CCC(F)C(F)C1)NC1NNC2CNCC(Cl)C21. The zero-order chi connectivity index (χ0) is 21.2. The Labute approximate surface area is 176 Å². The van der Waals surface area contributed by atoms with Crippen molar-refractivity contribution in [3.8, 4) is 0 Å². The molecule has 7 atom stereocenters. The zero-order valence-corrected chi connectivity index (χ0v) is 18.0. The molecule has 10 heteroatoms. The average Bonchev–Trinajstić information content (AvgIpc) is 3.05. The molecular formula is C19H33ClF2N6O. The van der Waals surface area contributed by atoms with Crippen LogP contribution >= 0.6 is 11.6 Å². The second-order valence-corrected chi connectivity index (χ2v) is 10.1. The van der Waals surface area contributed by atoms with Crippen molar-refractivity contribution in [2.45, 2.75) is 70.0 Å². The maximum Gasteiger partial charge on any atom is 0.229 e. The van der Waals surface area contributed by atoms with Crippen molar-refractivity contribution >= 4 is 23.5 Å². The van der Waals surface area contributed by atoms with E-state index in [4.69, 9.17) is 11.6 Å². The maximum absolute atomic E-state index is 13.7. The van der Waals surface area contributed by atoms with E-state index < -0.39 is 18.3 Å². The molecule has 1 saturated carbocycles. The van der Waals surface area contributed by atoms with Crippen LogP contribution in [0.3, 0.4) is 0 Å². The molecule has 3 fully saturated rings. The first-order valence-electron chi connectivity index (χ1n) is 10.4. The summed E-state index contributed by atoms with van der Waals surface area (Å²) in [6, 6.07) is 0.162. The lowest BCUT2D eigenvalue weighted by Gasteiger charge is -2.33. The van der Waals surface area contributed by atoms with E-state index in [2.05, 4.69) is 52.6 Å². The number of rotatable bonds is 3. The minimum absolute atomic E-state index is 0.0678. The molecule has 5 N–H and O–H groups in total. The Morgan fingerprint density at radius 2 is 1.93 bits per heavy atom. The number of aliphatic imine (C=N–C) groups is 1. The van der Waals surface area contributed by atoms with Gasteiger partial charge in [-0.15, -0.1) is 11.6 Å². The summed E-state index contributed by atoms with van der Waals surface area (Å²) in [5, 5.41) is 9.29. The van der Waals surface area contributed by atoms with Crippen molar-refractivity contribution < 1.29 is 13.6 Å². The number of halogens is 3. The minimum Gasteiger partial charge on any atom is -0.339 e. The number of piperidine rings is 1. The molecule has 2 heterocycles. The Balaban J connectivity index is 1.67. The van der Waals surface area contributed by atoms with Gasteiger partial charge >= 0.3 is 0 Å². The van der Waals surface area contributed by atoms with Gasteiger partial charge in [0.05, 0.1) is 11.5 Å². The second kappa shape index (κ2) is 9.41. The average molecular weight is 435 g/mol. The lowest BCUT2D eigenvalue weighted by molar-refractivity contribution is -0.125. The van der Waals surface area contributed by atoms with Crippen molar-refractivity contribution in [2.75, 3.05) is 19.6 Å². The molecule has 1 amide bonds. The summed E-state index contributed by atoms with van der Waals surface area (Å²) in [5.74, 6) is -0.437. The molecule has 3 rings (SSSR count). The third-order valence-electron chi connectivity index (χ3n) is 5.70. The Bertz CT molecular complexity index is 616. The Morgan fingerprint density at radius 3 is 2.62 bits per heavy atom. The molecule has 2 aliphatic heterocycles. The Morgan fingerprint density at radius 1 is 1.17 bits per heavy atom. The third-order valence-corrected chi connectivity index (χ3v) is 6.15. The largest absolute Gasteiger partial charge is 0.339 e. The van der Waals surface area contributed by atoms with E-state index in [1.807, 2.05) is 0 Å². The predicted octanol–water partition coefficient (Wildman–Crippen LogP) is 1.20. The molecule has 0 spiro atoms. The number of alkyl halides is 3. The topological polar surface area (TPSA) is 89.6 Å². The number of nitrogens with zero attached hydrogens (tertiary/aromatic N) is 1. The molecule has 0 radical (unpaired) electrons. The number of nitrogens with one attached hydrogen (secondary N) is 5. The van der Waals surface area contributed by atoms with Gasteiger partial charge in [0.25, 0.3) is 0 Å². The van der Waals surface area contributed by atoms with Crippen molar-refractivity contribution in [2.24, 2.45) is 22.2 Å². The van der Waals surface area contributed by atoms with Gasteiger partial charge in [-0.25, -0.2) is 14.2 Å². The van der Waals surface area contributed by atoms with Gasteiger partial charge in [-0.1, -0.05) is 20.8 Å². The van der Waals surface area contributed by atoms with E-state index in [1.54, 1.807) is 0 Å². The fourth-order valence-corrected chi connectivity index (χ4v) is 4.47. The van der Waals surface area contributed by atoms with Crippen LogP contribution in [-0.4, -0.2) is 61.4 Å². The molecular weight excluding hydrogens is 402 g/mol. The van der Waals surface area contributed by atoms with Crippen molar-refractivity contribution in [1.82, 2.24) is 26.8 Å². The van der Waals surface area contributed by atoms with Crippen molar-refractivity contribution in [3.05, 3.63) is 0 Å². The molecule has 0 aromatic rings. The first kappa shape index (κ1) is 22.7. The van der Waals surface area contributed by atoms with Crippen LogP contribution in [0.4, 0.5) is 8.78 Å². The summed E-state index contributed by atoms with van der Waals surface area (Å²) >= 11 is 6.52. The van der Waals surface area contributed by atoms with Crippen LogP contribution in [0.5, 0.6) is 0 Å². The molecule has 3 aliphatic rings. The number of carbonyl (C=O) groups is 1. The number of hydrogen-bond donors (Lipinski definition) is 5. The lowest BCUT2D eigenvalue weighted by Crippen LogP contribution is -2.57. The smallest absolute Gasteiger partial charge is 0.229 e. The third kappa shape index (κ3) is 5.99. The fraction of sp³-hybridized carbons (Fsp3) is 0.895. The quantitative estimate of drug-likeness (QED) is 0.262. The molecule has 166 valence electrons. The predicted molar refractivity (Wildman–Crippen MR) is 110 cm³/mol. The summed E-state index contributed by atoms with van der Waals surface area (Å²) in [4.78, 5) is 17.3. The first-order chi connectivity index (χ1) is 13.6. The number of amides is 1. The van der Waals surface area contributed by atoms with E-state index in [1.165, 1.54) is 0 Å². The highest BCUT2D eigenvalue weighted by Gasteiger charge is 2.43. The van der Waals surface area contributed by atoms with Gasteiger partial charge in [0, 0.05) is 37.5 Å². The maximum atomic E-state index is 13.7. The first-order valence-corrected chi connectivity index (χ1v) is 10.8.